The molecule has 3 nitrogen and oxygen atoms in total. The van der Waals surface area contributed by atoms with Crippen molar-refractivity contribution in [2.45, 2.75) is 20.1 Å². The Kier molecular flexibility index (Phi) is 2.84. The van der Waals surface area contributed by atoms with E-state index >= 15 is 0 Å². The molecule has 0 bridgehead atoms. The van der Waals surface area contributed by atoms with Crippen LogP contribution in [0.5, 0.6) is 0 Å². The van der Waals surface area contributed by atoms with Crippen molar-refractivity contribution in [3.63, 3.8) is 0 Å². The Balaban J connectivity index is 2.57. The van der Waals surface area contributed by atoms with Gasteiger partial charge in [-0.15, -0.1) is 0 Å². The van der Waals surface area contributed by atoms with E-state index in [2.05, 4.69) is 6.92 Å². The molecular weight excluding hydrogens is 238 g/mol. The Morgan fingerprint density at radius 1 is 1.05 bits per heavy atom. The smallest absolute Gasteiger partial charge is 0.197 e. The van der Waals surface area contributed by atoms with E-state index in [0.717, 1.165) is 23.0 Å². The average Bonchev–Trinajstić information content (AvgIpc) is 2.48. The zero-order valence-electron chi connectivity index (χ0n) is 10.8. The van der Waals surface area contributed by atoms with Gasteiger partial charge in [-0.25, -0.2) is 0 Å². The molecule has 3 aromatic rings. The Morgan fingerprint density at radius 2 is 1.79 bits per heavy atom. The third kappa shape index (κ3) is 1.74. The minimum Gasteiger partial charge on any atom is -0.376 e. The van der Waals surface area contributed by atoms with Crippen molar-refractivity contribution in [2.75, 3.05) is 0 Å². The average molecular weight is 253 g/mol. The van der Waals surface area contributed by atoms with Crippen LogP contribution in [0.25, 0.3) is 21.8 Å². The predicted molar refractivity (Wildman–Crippen MR) is 77.3 cm³/mol. The highest BCUT2D eigenvalue weighted by Gasteiger charge is 2.09. The van der Waals surface area contributed by atoms with Gasteiger partial charge in [0, 0.05) is 10.8 Å². The van der Waals surface area contributed by atoms with Gasteiger partial charge in [0.15, 0.2) is 5.43 Å². The van der Waals surface area contributed by atoms with E-state index in [4.69, 9.17) is 0 Å². The molecule has 0 saturated heterocycles. The minimum atomic E-state index is -0.136. The molecule has 0 aliphatic rings. The monoisotopic (exact) mass is 253 g/mol. The second-order valence-electron chi connectivity index (χ2n) is 4.62. The number of para-hydroxylation sites is 1. The summed E-state index contributed by atoms with van der Waals surface area (Å²) >= 11 is 0. The molecule has 0 amide bonds. The van der Waals surface area contributed by atoms with Crippen molar-refractivity contribution in [1.29, 1.82) is 0 Å². The number of hydrogen-bond acceptors (Lipinski definition) is 2. The molecular formula is C16H15NO2. The van der Waals surface area contributed by atoms with Crippen molar-refractivity contribution in [3.8, 4) is 0 Å². The van der Waals surface area contributed by atoms with Crippen LogP contribution in [0, 0.1) is 0 Å². The molecule has 0 radical (unpaired) electrons. The van der Waals surface area contributed by atoms with Gasteiger partial charge in [-0.3, -0.25) is 4.79 Å². The molecule has 1 aromatic heterocycles. The molecule has 96 valence electrons. The van der Waals surface area contributed by atoms with Crippen LogP contribution in [0.15, 0.2) is 47.3 Å². The number of benzene rings is 2. The van der Waals surface area contributed by atoms with Crippen molar-refractivity contribution in [1.82, 2.24) is 4.57 Å². The normalized spacial score (nSPS) is 11.3. The van der Waals surface area contributed by atoms with Crippen molar-refractivity contribution < 1.29 is 5.11 Å². The molecule has 0 atom stereocenters. The first-order valence-corrected chi connectivity index (χ1v) is 6.41. The van der Waals surface area contributed by atoms with Crippen LogP contribution < -0.4 is 5.43 Å². The van der Waals surface area contributed by atoms with Gasteiger partial charge in [-0.2, -0.15) is 0 Å². The summed E-state index contributed by atoms with van der Waals surface area (Å²) in [6, 6.07) is 13.2. The molecule has 0 aliphatic carbocycles. The Bertz CT molecular complexity index is 818. The third-order valence-electron chi connectivity index (χ3n) is 3.59. The highest BCUT2D eigenvalue weighted by atomic mass is 16.3. The van der Waals surface area contributed by atoms with Gasteiger partial charge < -0.3 is 9.67 Å². The number of aryl methyl sites for hydroxylation is 1. The van der Waals surface area contributed by atoms with Gasteiger partial charge >= 0.3 is 0 Å². The van der Waals surface area contributed by atoms with Crippen molar-refractivity contribution in [2.24, 2.45) is 0 Å². The Labute approximate surface area is 110 Å². The Hall–Kier alpha value is -2.13. The van der Waals surface area contributed by atoms with Gasteiger partial charge in [-0.05, 0) is 36.2 Å². The molecule has 1 heterocycles. The second kappa shape index (κ2) is 4.52. The van der Waals surface area contributed by atoms with Gasteiger partial charge in [0.25, 0.3) is 0 Å². The van der Waals surface area contributed by atoms with Crippen LogP contribution >= 0.6 is 0 Å². The number of fused-ring (bicyclic) bond motifs is 2. The fourth-order valence-corrected chi connectivity index (χ4v) is 2.55. The second-order valence-corrected chi connectivity index (χ2v) is 4.62. The number of pyridine rings is 1. The first-order chi connectivity index (χ1) is 9.26. The first-order valence-electron chi connectivity index (χ1n) is 6.41. The largest absolute Gasteiger partial charge is 0.376 e. The summed E-state index contributed by atoms with van der Waals surface area (Å²) in [6.45, 7) is 1.93. The molecule has 0 unspecified atom stereocenters. The number of aromatic nitrogens is 1. The number of hydrogen-bond donors (Lipinski definition) is 1. The van der Waals surface area contributed by atoms with Gasteiger partial charge in [0.05, 0.1) is 11.0 Å². The number of aliphatic hydroxyl groups excluding tert-OH is 1. The fourth-order valence-electron chi connectivity index (χ4n) is 2.55. The number of rotatable bonds is 2. The van der Waals surface area contributed by atoms with Crippen LogP contribution in [0.2, 0.25) is 0 Å². The third-order valence-corrected chi connectivity index (χ3v) is 3.59. The van der Waals surface area contributed by atoms with E-state index in [-0.39, 0.29) is 12.2 Å². The van der Waals surface area contributed by atoms with Crippen LogP contribution in [0.3, 0.4) is 0 Å². The van der Waals surface area contributed by atoms with Crippen LogP contribution in [-0.4, -0.2) is 9.67 Å². The van der Waals surface area contributed by atoms with E-state index in [1.54, 1.807) is 4.57 Å². The van der Waals surface area contributed by atoms with E-state index < -0.39 is 0 Å². The molecule has 3 heteroatoms. The summed E-state index contributed by atoms with van der Waals surface area (Å²) in [7, 11) is 0. The number of aliphatic hydroxyl groups is 1. The highest BCUT2D eigenvalue weighted by Crippen LogP contribution is 2.20. The number of nitrogens with zero attached hydrogens (tertiary/aromatic N) is 1. The lowest BCUT2D eigenvalue weighted by Crippen LogP contribution is -2.11. The van der Waals surface area contributed by atoms with Crippen molar-refractivity contribution in [3.05, 3.63) is 58.3 Å². The maximum Gasteiger partial charge on any atom is 0.197 e. The lowest BCUT2D eigenvalue weighted by Gasteiger charge is -2.13. The summed E-state index contributed by atoms with van der Waals surface area (Å²) in [6.07, 6.45) is 0.890. The quantitative estimate of drug-likeness (QED) is 0.713. The zero-order chi connectivity index (χ0) is 13.4. The predicted octanol–water partition coefficient (Wildman–Crippen LogP) is 2.67. The molecule has 3 rings (SSSR count). The van der Waals surface area contributed by atoms with Gasteiger partial charge in [0.1, 0.15) is 6.73 Å². The zero-order valence-corrected chi connectivity index (χ0v) is 10.8. The van der Waals surface area contributed by atoms with E-state index in [1.165, 1.54) is 0 Å². The first kappa shape index (κ1) is 11.9. The highest BCUT2D eigenvalue weighted by molar-refractivity contribution is 5.93. The van der Waals surface area contributed by atoms with E-state index in [0.29, 0.717) is 10.8 Å². The molecule has 0 fully saturated rings. The summed E-state index contributed by atoms with van der Waals surface area (Å²) in [5, 5.41) is 10.9. The minimum absolute atomic E-state index is 0.0330. The molecule has 0 spiro atoms. The lowest BCUT2D eigenvalue weighted by atomic mass is 10.1. The molecule has 2 aromatic carbocycles. The summed E-state index contributed by atoms with van der Waals surface area (Å²) in [4.78, 5) is 12.5. The van der Waals surface area contributed by atoms with Gasteiger partial charge in [-0.1, -0.05) is 25.1 Å². The topological polar surface area (TPSA) is 42.2 Å². The van der Waals surface area contributed by atoms with Crippen LogP contribution in [0.1, 0.15) is 12.5 Å². The summed E-state index contributed by atoms with van der Waals surface area (Å²) in [5.41, 5.74) is 2.71. The maximum atomic E-state index is 12.5. The SMILES string of the molecule is CCc1ccc2c(c1)c(=O)c1ccccc1n2CO. The molecule has 0 aliphatic heterocycles. The van der Waals surface area contributed by atoms with Crippen LogP contribution in [0.4, 0.5) is 0 Å². The van der Waals surface area contributed by atoms with E-state index in [9.17, 15) is 9.90 Å². The summed E-state index contributed by atoms with van der Waals surface area (Å²) in [5.74, 6) is 0. The lowest BCUT2D eigenvalue weighted by molar-refractivity contribution is 0.219. The summed E-state index contributed by atoms with van der Waals surface area (Å²) < 4.78 is 1.77. The maximum absolute atomic E-state index is 12.5. The molecule has 0 saturated carbocycles. The van der Waals surface area contributed by atoms with Gasteiger partial charge in [0.2, 0.25) is 0 Å². The van der Waals surface area contributed by atoms with Crippen molar-refractivity contribution >= 4 is 21.8 Å². The standard InChI is InChI=1S/C16H15NO2/c1-2-11-7-8-15-13(9-11)16(19)12-5-3-4-6-14(12)17(15)10-18/h3-9,18H,2,10H2,1H3. The molecule has 19 heavy (non-hydrogen) atoms. The van der Waals surface area contributed by atoms with Crippen LogP contribution in [-0.2, 0) is 13.2 Å². The fraction of sp³-hybridized carbons (Fsp3) is 0.188. The van der Waals surface area contributed by atoms with E-state index in [1.807, 2.05) is 42.5 Å². The molecule has 1 N–H and O–H groups in total. The Morgan fingerprint density at radius 3 is 2.53 bits per heavy atom.